The molecule has 0 atom stereocenters. The van der Waals surface area contributed by atoms with E-state index in [1.807, 2.05) is 4.94 Å². The van der Waals surface area contributed by atoms with Gasteiger partial charge in [0.2, 0.25) is 0 Å². The lowest BCUT2D eigenvalue weighted by atomic mass is 10.1. The van der Waals surface area contributed by atoms with E-state index >= 15 is 0 Å². The maximum Gasteiger partial charge on any atom is 0.476 e. The molecule has 0 amide bonds. The van der Waals surface area contributed by atoms with Crippen molar-refractivity contribution in [3.8, 4) is 0 Å². The van der Waals surface area contributed by atoms with Gasteiger partial charge in [0.1, 0.15) is 32.7 Å². The van der Waals surface area contributed by atoms with Gasteiger partial charge in [0.15, 0.2) is 26.7 Å². The summed E-state index contributed by atoms with van der Waals surface area (Å²) in [4.78, 5) is 1.88. The summed E-state index contributed by atoms with van der Waals surface area (Å²) in [6.45, 7) is -14.4. The second-order valence-electron chi connectivity index (χ2n) is 13.3. The van der Waals surface area contributed by atoms with Crippen molar-refractivity contribution in [1.82, 2.24) is 0 Å². The molecule has 0 unspecified atom stereocenters. The average molecular weight is 1700 g/mol. The van der Waals surface area contributed by atoms with Crippen LogP contribution < -0.4 is 0 Å². The zero-order chi connectivity index (χ0) is 78.4. The number of rotatable bonds is 21. The van der Waals surface area contributed by atoms with Crippen LogP contribution in [0.3, 0.4) is 0 Å². The highest BCUT2D eigenvalue weighted by Gasteiger charge is 2.73. The van der Waals surface area contributed by atoms with E-state index < -0.39 is 180 Å². The first-order chi connectivity index (χ1) is 39.0. The normalized spacial score (nSPS) is 11.7. The molecule has 0 bridgehead atoms. The lowest BCUT2D eigenvalue weighted by Gasteiger charge is -2.31. The monoisotopic (exact) mass is 1700 g/mol. The van der Waals surface area contributed by atoms with Gasteiger partial charge in [-0.2, -0.15) is 117 Å². The quantitative estimate of drug-likeness (QED) is 0.0782. The molecule has 0 radical (unpaired) electrons. The molecule has 99 heavy (non-hydrogen) atoms. The highest BCUT2D eigenvalue weighted by Crippen LogP contribution is 2.47. The first-order valence-corrected chi connectivity index (χ1v) is 24.0. The van der Waals surface area contributed by atoms with E-state index in [0.717, 1.165) is 0 Å². The van der Waals surface area contributed by atoms with Crippen molar-refractivity contribution in [1.29, 1.82) is 0 Å². The van der Waals surface area contributed by atoms with Crippen LogP contribution in [0.5, 0.6) is 0 Å². The zero-order valence-corrected chi connectivity index (χ0v) is 47.7. The number of hydrogen-bond acceptors (Lipinski definition) is 13. The molecule has 0 saturated carbocycles. The molecule has 0 heterocycles. The van der Waals surface area contributed by atoms with Gasteiger partial charge in [-0.3, -0.25) is 22.3 Å². The largest absolute Gasteiger partial charge is 0.476 e. The molecule has 0 aromatic rings. The van der Waals surface area contributed by atoms with E-state index in [-0.39, 0.29) is 80.2 Å². The summed E-state index contributed by atoms with van der Waals surface area (Å²) in [6.07, 6.45) is -38.4. The number of halogens is 44. The van der Waals surface area contributed by atoms with Crippen LogP contribution in [0.1, 0.15) is 99.9 Å². The Bertz CT molecular complexity index is 2020. The van der Waals surface area contributed by atoms with Crippen molar-refractivity contribution in [2.24, 2.45) is 0 Å². The fourth-order valence-corrected chi connectivity index (χ4v) is 2.06. The van der Waals surface area contributed by atoms with Gasteiger partial charge < -0.3 is 14.2 Å². The Morgan fingerprint density at radius 2 is 0.485 bits per heavy atom. The molecular formula is C38H74F44O13S4. The molecule has 0 saturated heterocycles. The summed E-state index contributed by atoms with van der Waals surface area (Å²) >= 11 is 0. The lowest BCUT2D eigenvalue weighted by molar-refractivity contribution is -0.405. The van der Waals surface area contributed by atoms with E-state index in [9.17, 15) is 189 Å². The van der Waals surface area contributed by atoms with Gasteiger partial charge in [-0.1, -0.05) is 90.5 Å². The summed E-state index contributed by atoms with van der Waals surface area (Å²) in [5.74, 6) is -26.7. The van der Waals surface area contributed by atoms with E-state index in [1.165, 1.54) is 0 Å². The van der Waals surface area contributed by atoms with Gasteiger partial charge in [-0.25, -0.2) is 52.7 Å². The molecule has 0 spiro atoms. The highest BCUT2D eigenvalue weighted by molar-refractivity contribution is 7.81. The molecule has 61 heteroatoms. The van der Waals surface area contributed by atoms with Crippen molar-refractivity contribution >= 4 is 42.4 Å². The Morgan fingerprint density at radius 1 is 0.283 bits per heavy atom. The summed E-state index contributed by atoms with van der Waals surface area (Å²) < 4.78 is 573. The van der Waals surface area contributed by atoms with E-state index in [0.29, 0.717) is 35.6 Å². The summed E-state index contributed by atoms with van der Waals surface area (Å²) in [5.41, 5.74) is 0. The summed E-state index contributed by atoms with van der Waals surface area (Å²) in [6, 6.07) is 0. The van der Waals surface area contributed by atoms with Crippen LogP contribution in [0, 0.1) is 0 Å². The predicted molar refractivity (Wildman–Crippen MR) is 269 cm³/mol. The predicted octanol–water partition coefficient (Wildman–Crippen LogP) is 21.7. The smallest absolute Gasteiger partial charge is 0.314 e. The standard InChI is InChI=1S/C7H7F9O.2C6H7F7O.C5H7F5O.C2H2F4O.4CH3F.8CH4.4F2O2S/c1-4(9,10)3-17-7(15,16)6(13,14)5(11,12)2-8;1-4(7,8)3-14-6(12,13)2-5(9,10)11;1-4(8,9)2-5(10,11)14-6(12,13)3-7;1-4(7,8)3-11-5(9,10)2-6;3-1-2(4,5)7-6;4*1-2;;;;;;;;;4*1-5(2,3)4/h2-3H2,1H3;2*2-3H2,1H3;2-3H2,1H3;1H2;4*1H3;8*1H4;;;;. The molecule has 0 aromatic heterocycles. The van der Waals surface area contributed by atoms with Crippen molar-refractivity contribution in [2.75, 3.05) is 75.2 Å². The van der Waals surface area contributed by atoms with Crippen LogP contribution in [0.2, 0.25) is 0 Å². The van der Waals surface area contributed by atoms with Gasteiger partial charge in [0.05, 0.1) is 28.7 Å². The third-order valence-electron chi connectivity index (χ3n) is 4.37. The summed E-state index contributed by atoms with van der Waals surface area (Å²) in [7, 11) is -20.7. The zero-order valence-electron chi connectivity index (χ0n) is 44.4. The molecule has 0 aliphatic rings. The molecule has 0 aliphatic heterocycles. The average Bonchev–Trinajstić information content (AvgIpc) is 3.28. The van der Waals surface area contributed by atoms with E-state index in [1.54, 1.807) is 0 Å². The van der Waals surface area contributed by atoms with Crippen molar-refractivity contribution in [3.05, 3.63) is 0 Å². The number of hydrogen-bond donors (Lipinski definition) is 0. The van der Waals surface area contributed by atoms with Crippen molar-refractivity contribution < 1.29 is 247 Å². The van der Waals surface area contributed by atoms with E-state index in [4.69, 9.17) is 33.7 Å². The number of ether oxygens (including phenoxy) is 4. The van der Waals surface area contributed by atoms with Crippen LogP contribution >= 0.6 is 0 Å². The first-order valence-electron chi connectivity index (χ1n) is 18.9. The van der Waals surface area contributed by atoms with Crippen LogP contribution in [0.25, 0.3) is 0 Å². The fourth-order valence-electron chi connectivity index (χ4n) is 2.06. The Balaban J connectivity index is -0.0000000366. The maximum absolute atomic E-state index is 12.5. The van der Waals surface area contributed by atoms with E-state index in [2.05, 4.69) is 18.9 Å². The second kappa shape index (κ2) is 65.3. The van der Waals surface area contributed by atoms with Gasteiger partial charge in [-0.15, -0.1) is 4.94 Å². The molecule has 0 aliphatic carbocycles. The minimum atomic E-state index is -6.24. The summed E-state index contributed by atoms with van der Waals surface area (Å²) in [5, 5.41) is 0. The SMILES string of the molecule is C.C.C.C.C.C.C.C.CC(F)(F)CC(F)(F)OC(F)(F)CF.CC(F)(F)COC(F)(F)C(F)(F)C(F)(F)CF.CC(F)(F)COC(F)(F)CC(F)(F)F.CC(F)(F)COC(F)(F)CF.CF.CF.CF.CF.FCC(F)(F)OF.O=S(=O)(F)F.O=S(=O)(F)F.O=S(=O)(F)F.O=S(=O)(F)F. The van der Waals surface area contributed by atoms with Crippen LogP contribution in [0.4, 0.5) is 189 Å². The minimum Gasteiger partial charge on any atom is -0.314 e. The van der Waals surface area contributed by atoms with Gasteiger partial charge >= 0.3 is 97.1 Å². The Labute approximate surface area is 542 Å². The second-order valence-corrected chi connectivity index (χ2v) is 16.4. The molecular weight excluding hydrogens is 1630 g/mol. The Hall–Kier alpha value is -3.48. The molecule has 0 fully saturated rings. The van der Waals surface area contributed by atoms with Gasteiger partial charge in [0.25, 0.3) is 23.7 Å². The van der Waals surface area contributed by atoms with Crippen LogP contribution in [-0.2, 0) is 66.3 Å². The number of alkyl halides is 35. The van der Waals surface area contributed by atoms with Crippen molar-refractivity contribution in [3.63, 3.8) is 0 Å². The molecule has 0 rings (SSSR count). The molecule has 0 aromatic carbocycles. The topological polar surface area (TPSA) is 183 Å². The first kappa shape index (κ1) is 154. The van der Waals surface area contributed by atoms with Crippen molar-refractivity contribution in [2.45, 2.75) is 178 Å². The Morgan fingerprint density at radius 3 is 0.636 bits per heavy atom. The lowest BCUT2D eigenvalue weighted by Crippen LogP contribution is -2.57. The van der Waals surface area contributed by atoms with Gasteiger partial charge in [0, 0.05) is 20.8 Å². The van der Waals surface area contributed by atoms with Crippen LogP contribution in [0.15, 0.2) is 0 Å². The third kappa shape index (κ3) is 172. The highest BCUT2D eigenvalue weighted by atomic mass is 32.3. The van der Waals surface area contributed by atoms with Crippen LogP contribution in [-0.4, -0.2) is 187 Å². The third-order valence-corrected chi connectivity index (χ3v) is 4.37. The fraction of sp³-hybridized carbons (Fsp3) is 1.00. The Kier molecular flexibility index (Phi) is 101. The molecule has 636 valence electrons. The maximum atomic E-state index is 12.5. The molecule has 0 N–H and O–H groups in total. The van der Waals surface area contributed by atoms with Gasteiger partial charge in [-0.05, 0) is 11.4 Å². The minimum absolute atomic E-state index is 0. The molecule has 13 nitrogen and oxygen atoms in total.